The van der Waals surface area contributed by atoms with E-state index in [1.54, 1.807) is 0 Å². The molecule has 2 amide bonds. The van der Waals surface area contributed by atoms with Gasteiger partial charge in [0.25, 0.3) is 0 Å². The SMILES string of the molecule is CCCN1C(=O)CC(NCc2ccccc2C)C1=O. The number of hydrogen-bond donors (Lipinski definition) is 1. The molecule has 0 saturated carbocycles. The summed E-state index contributed by atoms with van der Waals surface area (Å²) < 4.78 is 0. The molecule has 0 bridgehead atoms. The topological polar surface area (TPSA) is 49.4 Å². The van der Waals surface area contributed by atoms with Gasteiger partial charge in [-0.2, -0.15) is 0 Å². The molecule has 1 N–H and O–H groups in total. The summed E-state index contributed by atoms with van der Waals surface area (Å²) in [7, 11) is 0. The quantitative estimate of drug-likeness (QED) is 0.818. The number of benzene rings is 1. The van der Waals surface area contributed by atoms with Crippen molar-refractivity contribution in [3.63, 3.8) is 0 Å². The lowest BCUT2D eigenvalue weighted by atomic mass is 10.1. The fraction of sp³-hybridized carbons (Fsp3) is 0.467. The zero-order valence-electron chi connectivity index (χ0n) is 11.5. The molecule has 0 aromatic heterocycles. The molecule has 0 spiro atoms. The van der Waals surface area contributed by atoms with Crippen LogP contribution in [0.15, 0.2) is 24.3 Å². The largest absolute Gasteiger partial charge is 0.301 e. The van der Waals surface area contributed by atoms with E-state index in [0.717, 1.165) is 12.0 Å². The summed E-state index contributed by atoms with van der Waals surface area (Å²) in [5, 5.41) is 3.20. The minimum atomic E-state index is -0.362. The van der Waals surface area contributed by atoms with Gasteiger partial charge in [0.1, 0.15) is 0 Å². The maximum atomic E-state index is 12.1. The first-order valence-electron chi connectivity index (χ1n) is 6.75. The van der Waals surface area contributed by atoms with Crippen molar-refractivity contribution in [2.24, 2.45) is 0 Å². The van der Waals surface area contributed by atoms with E-state index in [2.05, 4.69) is 5.32 Å². The van der Waals surface area contributed by atoms with E-state index in [-0.39, 0.29) is 24.3 Å². The van der Waals surface area contributed by atoms with Gasteiger partial charge in [0.2, 0.25) is 11.8 Å². The van der Waals surface area contributed by atoms with Crippen molar-refractivity contribution < 1.29 is 9.59 Å². The van der Waals surface area contributed by atoms with Crippen molar-refractivity contribution in [3.05, 3.63) is 35.4 Å². The van der Waals surface area contributed by atoms with Crippen LogP contribution in [0.3, 0.4) is 0 Å². The Balaban J connectivity index is 1.96. The fourth-order valence-corrected chi connectivity index (χ4v) is 2.34. The van der Waals surface area contributed by atoms with Gasteiger partial charge in [-0.15, -0.1) is 0 Å². The second-order valence-electron chi connectivity index (χ2n) is 4.95. The average molecular weight is 260 g/mol. The number of rotatable bonds is 5. The molecular weight excluding hydrogens is 240 g/mol. The molecular formula is C15H20N2O2. The molecule has 1 saturated heterocycles. The summed E-state index contributed by atoms with van der Waals surface area (Å²) in [5.74, 6) is -0.144. The third-order valence-corrected chi connectivity index (χ3v) is 3.49. The van der Waals surface area contributed by atoms with Gasteiger partial charge >= 0.3 is 0 Å². The fourth-order valence-electron chi connectivity index (χ4n) is 2.34. The highest BCUT2D eigenvalue weighted by atomic mass is 16.2. The molecule has 1 aromatic rings. The molecule has 1 heterocycles. The number of hydrogen-bond acceptors (Lipinski definition) is 3. The van der Waals surface area contributed by atoms with Gasteiger partial charge in [0, 0.05) is 13.1 Å². The zero-order chi connectivity index (χ0) is 13.8. The standard InChI is InChI=1S/C15H20N2O2/c1-3-8-17-14(18)9-13(15(17)19)16-10-12-7-5-4-6-11(12)2/h4-7,13,16H,3,8-10H2,1-2H3. The number of imide groups is 1. The first-order valence-corrected chi connectivity index (χ1v) is 6.75. The van der Waals surface area contributed by atoms with Gasteiger partial charge < -0.3 is 5.32 Å². The van der Waals surface area contributed by atoms with Crippen molar-refractivity contribution >= 4 is 11.8 Å². The second-order valence-corrected chi connectivity index (χ2v) is 4.95. The first-order chi connectivity index (χ1) is 9.13. The molecule has 102 valence electrons. The first kappa shape index (κ1) is 13.7. The summed E-state index contributed by atoms with van der Waals surface area (Å²) >= 11 is 0. The maximum Gasteiger partial charge on any atom is 0.246 e. The van der Waals surface area contributed by atoms with Crippen molar-refractivity contribution in [1.29, 1.82) is 0 Å². The highest BCUT2D eigenvalue weighted by molar-refractivity contribution is 6.05. The van der Waals surface area contributed by atoms with Gasteiger partial charge in [0.05, 0.1) is 12.5 Å². The summed E-state index contributed by atoms with van der Waals surface area (Å²) in [5.41, 5.74) is 2.36. The van der Waals surface area contributed by atoms with Crippen LogP contribution >= 0.6 is 0 Å². The van der Waals surface area contributed by atoms with Crippen LogP contribution in [-0.4, -0.2) is 29.3 Å². The Hall–Kier alpha value is -1.68. The third-order valence-electron chi connectivity index (χ3n) is 3.49. The molecule has 19 heavy (non-hydrogen) atoms. The Labute approximate surface area is 113 Å². The summed E-state index contributed by atoms with van der Waals surface area (Å²) in [6, 6.07) is 7.69. The van der Waals surface area contributed by atoms with Crippen LogP contribution in [-0.2, 0) is 16.1 Å². The monoisotopic (exact) mass is 260 g/mol. The molecule has 1 aliphatic rings. The van der Waals surface area contributed by atoms with E-state index in [1.165, 1.54) is 10.5 Å². The highest BCUT2D eigenvalue weighted by Gasteiger charge is 2.37. The maximum absolute atomic E-state index is 12.1. The van der Waals surface area contributed by atoms with E-state index in [4.69, 9.17) is 0 Å². The van der Waals surface area contributed by atoms with Gasteiger partial charge in [-0.3, -0.25) is 14.5 Å². The number of nitrogens with zero attached hydrogens (tertiary/aromatic N) is 1. The number of nitrogens with one attached hydrogen (secondary N) is 1. The van der Waals surface area contributed by atoms with E-state index in [9.17, 15) is 9.59 Å². The Morgan fingerprint density at radius 3 is 2.74 bits per heavy atom. The lowest BCUT2D eigenvalue weighted by Gasteiger charge is -2.15. The molecule has 1 aromatic carbocycles. The second kappa shape index (κ2) is 5.97. The van der Waals surface area contributed by atoms with Gasteiger partial charge in [-0.25, -0.2) is 0 Å². The molecule has 1 atom stereocenters. The Morgan fingerprint density at radius 1 is 1.32 bits per heavy atom. The smallest absolute Gasteiger partial charge is 0.246 e. The van der Waals surface area contributed by atoms with Crippen molar-refractivity contribution in [2.45, 2.75) is 39.3 Å². The number of carbonyl (C=O) groups excluding carboxylic acids is 2. The average Bonchev–Trinajstić information content (AvgIpc) is 2.66. The normalized spacial score (nSPS) is 19.3. The van der Waals surface area contributed by atoms with Gasteiger partial charge in [-0.1, -0.05) is 31.2 Å². The number of likely N-dealkylation sites (tertiary alicyclic amines) is 1. The third kappa shape index (κ3) is 3.01. The predicted octanol–water partition coefficient (Wildman–Crippen LogP) is 1.62. The Kier molecular flexibility index (Phi) is 4.32. The molecule has 0 radical (unpaired) electrons. The highest BCUT2D eigenvalue weighted by Crippen LogP contribution is 2.15. The molecule has 4 heteroatoms. The van der Waals surface area contributed by atoms with Crippen molar-refractivity contribution in [2.75, 3.05) is 6.54 Å². The molecule has 1 fully saturated rings. The van der Waals surface area contributed by atoms with Crippen LogP contribution in [0.2, 0.25) is 0 Å². The number of aryl methyl sites for hydroxylation is 1. The molecule has 1 unspecified atom stereocenters. The number of carbonyl (C=O) groups is 2. The van der Waals surface area contributed by atoms with E-state index in [1.807, 2.05) is 38.1 Å². The Bertz CT molecular complexity index is 485. The van der Waals surface area contributed by atoms with E-state index in [0.29, 0.717) is 13.1 Å². The minimum Gasteiger partial charge on any atom is -0.301 e. The van der Waals surface area contributed by atoms with Crippen LogP contribution in [0.25, 0.3) is 0 Å². The van der Waals surface area contributed by atoms with Crippen LogP contribution in [0.4, 0.5) is 0 Å². The molecule has 0 aliphatic carbocycles. The lowest BCUT2D eigenvalue weighted by molar-refractivity contribution is -0.138. The van der Waals surface area contributed by atoms with Crippen LogP contribution < -0.4 is 5.32 Å². The summed E-state index contributed by atoms with van der Waals surface area (Å²) in [6.45, 7) is 5.16. The van der Waals surface area contributed by atoms with Crippen LogP contribution in [0.5, 0.6) is 0 Å². The molecule has 4 nitrogen and oxygen atoms in total. The summed E-state index contributed by atoms with van der Waals surface area (Å²) in [6.07, 6.45) is 1.09. The molecule has 2 rings (SSSR count). The van der Waals surface area contributed by atoms with Gasteiger partial charge in [-0.05, 0) is 24.5 Å². The minimum absolute atomic E-state index is 0.0610. The van der Waals surface area contributed by atoms with Crippen LogP contribution in [0.1, 0.15) is 30.9 Å². The van der Waals surface area contributed by atoms with Crippen molar-refractivity contribution in [3.8, 4) is 0 Å². The molecule has 1 aliphatic heterocycles. The Morgan fingerprint density at radius 2 is 2.05 bits per heavy atom. The zero-order valence-corrected chi connectivity index (χ0v) is 11.5. The van der Waals surface area contributed by atoms with E-state index < -0.39 is 0 Å². The predicted molar refractivity (Wildman–Crippen MR) is 73.4 cm³/mol. The van der Waals surface area contributed by atoms with Crippen molar-refractivity contribution in [1.82, 2.24) is 10.2 Å². The summed E-state index contributed by atoms with van der Waals surface area (Å²) in [4.78, 5) is 25.2. The van der Waals surface area contributed by atoms with Crippen LogP contribution in [0, 0.1) is 6.92 Å². The lowest BCUT2D eigenvalue weighted by Crippen LogP contribution is -2.38. The number of amides is 2. The van der Waals surface area contributed by atoms with E-state index >= 15 is 0 Å². The van der Waals surface area contributed by atoms with Gasteiger partial charge in [0.15, 0.2) is 0 Å².